The van der Waals surface area contributed by atoms with E-state index >= 15 is 0 Å². The highest BCUT2D eigenvalue weighted by Crippen LogP contribution is 2.45. The lowest BCUT2D eigenvalue weighted by Gasteiger charge is -2.35. The van der Waals surface area contributed by atoms with Gasteiger partial charge in [-0.15, -0.1) is 0 Å². The lowest BCUT2D eigenvalue weighted by atomic mass is 9.73. The van der Waals surface area contributed by atoms with Crippen LogP contribution in [0.2, 0.25) is 0 Å². The number of aliphatic hydroxyl groups is 1. The van der Waals surface area contributed by atoms with Crippen LogP contribution < -0.4 is 0 Å². The molecule has 0 atom stereocenters. The molecule has 2 aliphatic rings. The summed E-state index contributed by atoms with van der Waals surface area (Å²) in [5.74, 6) is -0.339. The number of esters is 1. The van der Waals surface area contributed by atoms with Crippen molar-refractivity contribution < 1.29 is 14.6 Å². The molecule has 0 radical (unpaired) electrons. The van der Waals surface area contributed by atoms with E-state index < -0.39 is 5.60 Å². The first-order valence-electron chi connectivity index (χ1n) is 16.3. The van der Waals surface area contributed by atoms with Gasteiger partial charge in [0.15, 0.2) is 0 Å². The maximum atomic E-state index is 12.7. The van der Waals surface area contributed by atoms with Gasteiger partial charge in [-0.3, -0.25) is 0 Å². The molecule has 1 N–H and O–H groups in total. The number of aryl methyl sites for hydroxylation is 4. The minimum Gasteiger partial charge on any atom is -0.465 e. The molecular formula is C43H32Br4O3. The molecule has 2 aliphatic carbocycles. The van der Waals surface area contributed by atoms with Gasteiger partial charge in [-0.05, 0) is 130 Å². The summed E-state index contributed by atoms with van der Waals surface area (Å²) >= 11 is 14.0. The summed E-state index contributed by atoms with van der Waals surface area (Å²) < 4.78 is 8.66. The minimum absolute atomic E-state index is 0.339. The topological polar surface area (TPSA) is 46.5 Å². The second-order valence-electron chi connectivity index (χ2n) is 12.6. The largest absolute Gasteiger partial charge is 0.465 e. The van der Waals surface area contributed by atoms with Crippen molar-refractivity contribution in [2.75, 3.05) is 7.11 Å². The first-order valence-corrected chi connectivity index (χ1v) is 19.5. The fourth-order valence-electron chi connectivity index (χ4n) is 6.69. The summed E-state index contributed by atoms with van der Waals surface area (Å²) in [6, 6.07) is 41.0. The summed E-state index contributed by atoms with van der Waals surface area (Å²) in [7, 11) is 1.38. The number of rotatable bonds is 6. The first-order chi connectivity index (χ1) is 24.1. The molecule has 7 heteroatoms. The van der Waals surface area contributed by atoms with Gasteiger partial charge < -0.3 is 9.84 Å². The monoisotopic (exact) mass is 912 g/mol. The number of carbonyl (C=O) groups is 1. The van der Waals surface area contributed by atoms with Gasteiger partial charge >= 0.3 is 5.97 Å². The van der Waals surface area contributed by atoms with Gasteiger partial charge in [0, 0.05) is 23.5 Å². The molecule has 250 valence electrons. The van der Waals surface area contributed by atoms with E-state index in [0.29, 0.717) is 5.56 Å². The van der Waals surface area contributed by atoms with Crippen molar-refractivity contribution in [3.63, 3.8) is 0 Å². The van der Waals surface area contributed by atoms with E-state index in [-0.39, 0.29) is 5.97 Å². The van der Waals surface area contributed by atoms with Crippen molar-refractivity contribution in [2.45, 2.75) is 31.3 Å². The molecule has 6 aromatic carbocycles. The highest BCUT2D eigenvalue weighted by atomic mass is 79.9. The Hall–Kier alpha value is -3.33. The third-order valence-corrected chi connectivity index (χ3v) is 11.7. The molecule has 0 unspecified atom stereocenters. The van der Waals surface area contributed by atoms with Gasteiger partial charge in [0.05, 0.1) is 12.7 Å². The van der Waals surface area contributed by atoms with E-state index in [9.17, 15) is 9.90 Å². The highest BCUT2D eigenvalue weighted by molar-refractivity contribution is 9.11. The van der Waals surface area contributed by atoms with Crippen molar-refractivity contribution in [2.24, 2.45) is 0 Å². The van der Waals surface area contributed by atoms with Crippen molar-refractivity contribution in [1.82, 2.24) is 0 Å². The lowest BCUT2D eigenvalue weighted by molar-refractivity contribution is 0.0601. The molecule has 0 heterocycles. The Kier molecular flexibility index (Phi) is 10.3. The van der Waals surface area contributed by atoms with Gasteiger partial charge in [0.2, 0.25) is 0 Å². The van der Waals surface area contributed by atoms with Gasteiger partial charge in [-0.25, -0.2) is 4.79 Å². The van der Waals surface area contributed by atoms with E-state index in [2.05, 4.69) is 143 Å². The SMILES string of the molecule is COC(=O)c1cc(Br)ccc1-c1ccc(Br)cc1.OC(c1ccc2c(c1)CC2)(c1ccc2c(c1)CC2)c1cc(Br)ccc1-c1ccc(Br)cc1. The smallest absolute Gasteiger partial charge is 0.338 e. The average Bonchev–Trinajstić information content (AvgIpc) is 3.10. The zero-order chi connectivity index (χ0) is 35.0. The number of hydrogen-bond acceptors (Lipinski definition) is 3. The summed E-state index contributed by atoms with van der Waals surface area (Å²) in [5.41, 5.74) is 11.5. The van der Waals surface area contributed by atoms with Crippen LogP contribution in [0.3, 0.4) is 0 Å². The molecule has 0 aliphatic heterocycles. The molecule has 0 saturated carbocycles. The standard InChI is InChI=1S/C29H22Br2O.C14H10Br2O2/c30-25-11-7-20(8-12-25)27-14-13-26(31)17-28(27)29(32,23-9-5-18-1-3-21(18)15-23)24-10-6-19-2-4-22(19)16-24;1-18-14(17)13-8-11(16)6-7-12(13)9-2-4-10(15)5-3-9/h5-17,32H,1-4H2;2-8H,1H3. The Morgan fingerprint density at radius 3 is 1.44 bits per heavy atom. The van der Waals surface area contributed by atoms with E-state index in [1.54, 1.807) is 6.07 Å². The molecule has 8 rings (SSSR count). The summed E-state index contributed by atoms with van der Waals surface area (Å²) in [4.78, 5) is 11.8. The Balaban J connectivity index is 0.000000185. The van der Waals surface area contributed by atoms with Crippen LogP contribution in [0.15, 0.2) is 139 Å². The normalized spacial score (nSPS) is 12.8. The summed E-state index contributed by atoms with van der Waals surface area (Å²) in [6.07, 6.45) is 4.44. The van der Waals surface area contributed by atoms with Gasteiger partial charge in [-0.1, -0.05) is 137 Å². The number of ether oxygens (including phenoxy) is 1. The molecular weight excluding hydrogens is 884 g/mol. The molecule has 0 saturated heterocycles. The second-order valence-corrected chi connectivity index (χ2v) is 16.2. The number of methoxy groups -OCH3 is 1. The number of hydrogen-bond donors (Lipinski definition) is 1. The first kappa shape index (κ1) is 35.1. The zero-order valence-electron chi connectivity index (χ0n) is 27.2. The van der Waals surface area contributed by atoms with E-state index in [0.717, 1.165) is 82.5 Å². The Bertz CT molecular complexity index is 2170. The maximum Gasteiger partial charge on any atom is 0.338 e. The average molecular weight is 916 g/mol. The quantitative estimate of drug-likeness (QED) is 0.134. The van der Waals surface area contributed by atoms with Crippen LogP contribution in [-0.4, -0.2) is 18.2 Å². The number of halogens is 4. The van der Waals surface area contributed by atoms with Gasteiger partial charge in [0.25, 0.3) is 0 Å². The van der Waals surface area contributed by atoms with Crippen molar-refractivity contribution >= 4 is 69.7 Å². The van der Waals surface area contributed by atoms with Crippen LogP contribution in [0.25, 0.3) is 22.3 Å². The van der Waals surface area contributed by atoms with Crippen molar-refractivity contribution in [3.05, 3.63) is 184 Å². The van der Waals surface area contributed by atoms with Gasteiger partial charge in [-0.2, -0.15) is 0 Å². The maximum absolute atomic E-state index is 12.7. The third-order valence-electron chi connectivity index (χ3n) is 9.64. The highest BCUT2D eigenvalue weighted by Gasteiger charge is 2.38. The molecule has 0 fully saturated rings. The molecule has 3 nitrogen and oxygen atoms in total. The summed E-state index contributed by atoms with van der Waals surface area (Å²) in [6.45, 7) is 0. The number of carbonyl (C=O) groups excluding carboxylic acids is 1. The Morgan fingerprint density at radius 1 is 0.540 bits per heavy atom. The second kappa shape index (κ2) is 14.7. The predicted molar refractivity (Wildman–Crippen MR) is 216 cm³/mol. The predicted octanol–water partition coefficient (Wildman–Crippen LogP) is 12.0. The fourth-order valence-corrected chi connectivity index (χ4v) is 7.94. The van der Waals surface area contributed by atoms with Crippen LogP contribution in [0.5, 0.6) is 0 Å². The molecule has 0 amide bonds. The third kappa shape index (κ3) is 6.96. The summed E-state index contributed by atoms with van der Waals surface area (Å²) in [5, 5.41) is 12.7. The molecule has 0 aromatic heterocycles. The fraction of sp³-hybridized carbons (Fsp3) is 0.140. The number of benzene rings is 6. The molecule has 6 aromatic rings. The minimum atomic E-state index is -1.25. The molecule has 0 bridgehead atoms. The van der Waals surface area contributed by atoms with Crippen LogP contribution >= 0.6 is 63.7 Å². The van der Waals surface area contributed by atoms with Crippen LogP contribution in [0.1, 0.15) is 49.3 Å². The Morgan fingerprint density at radius 2 is 0.980 bits per heavy atom. The van der Waals surface area contributed by atoms with Crippen LogP contribution in [0.4, 0.5) is 0 Å². The number of fused-ring (bicyclic) bond motifs is 2. The van der Waals surface area contributed by atoms with E-state index in [1.807, 2.05) is 36.4 Å². The van der Waals surface area contributed by atoms with Crippen LogP contribution in [0, 0.1) is 0 Å². The van der Waals surface area contributed by atoms with E-state index in [1.165, 1.54) is 29.4 Å². The van der Waals surface area contributed by atoms with Crippen molar-refractivity contribution in [3.8, 4) is 22.3 Å². The molecule has 0 spiro atoms. The van der Waals surface area contributed by atoms with Crippen LogP contribution in [-0.2, 0) is 36.0 Å². The van der Waals surface area contributed by atoms with Crippen molar-refractivity contribution in [1.29, 1.82) is 0 Å². The Labute approximate surface area is 326 Å². The molecule has 50 heavy (non-hydrogen) atoms. The lowest BCUT2D eigenvalue weighted by Crippen LogP contribution is -2.31. The van der Waals surface area contributed by atoms with E-state index in [4.69, 9.17) is 4.74 Å². The van der Waals surface area contributed by atoms with Gasteiger partial charge in [0.1, 0.15) is 5.60 Å². The zero-order valence-corrected chi connectivity index (χ0v) is 33.5.